The van der Waals surface area contributed by atoms with E-state index in [0.717, 1.165) is 0 Å². The Morgan fingerprint density at radius 2 is 0.468 bits per heavy atom. The molecule has 0 N–H and O–H groups in total. The van der Waals surface area contributed by atoms with Crippen molar-refractivity contribution in [2.45, 2.75) is 0 Å². The number of hydrogen-bond donors (Lipinski definition) is 0. The van der Waals surface area contributed by atoms with E-state index in [2.05, 4.69) is 209 Å². The molecule has 47 heavy (non-hydrogen) atoms. The van der Waals surface area contributed by atoms with E-state index in [1.807, 2.05) is 0 Å². The van der Waals surface area contributed by atoms with E-state index in [1.54, 1.807) is 0 Å². The summed E-state index contributed by atoms with van der Waals surface area (Å²) in [5, 5.41) is 4.19. The van der Waals surface area contributed by atoms with Crippen molar-refractivity contribution in [1.29, 1.82) is 0 Å². The van der Waals surface area contributed by atoms with Gasteiger partial charge in [0, 0.05) is 17.4 Å². The Hall–Kier alpha value is -4.20. The molecule has 4 nitrogen and oxygen atoms in total. The Kier molecular flexibility index (Phi) is 25.6. The Labute approximate surface area is 294 Å². The second-order valence-corrected chi connectivity index (χ2v) is 15.6. The van der Waals surface area contributed by atoms with Crippen molar-refractivity contribution in [3.63, 3.8) is 0 Å². The maximum atomic E-state index is 7.50. The Bertz CT molecular complexity index is 1350. The van der Waals surface area contributed by atoms with Crippen LogP contribution in [-0.2, 0) is 36.0 Å². The quantitative estimate of drug-likeness (QED) is 0.0940. The molecule has 0 spiro atoms. The first-order chi connectivity index (χ1) is 22.9. The minimum atomic E-state index is -1.39. The zero-order valence-electron chi connectivity index (χ0n) is 25.3. The van der Waals surface area contributed by atoms with E-state index < -0.39 is 22.6 Å². The Balaban J connectivity index is 0.000000731. The van der Waals surface area contributed by atoms with Crippen molar-refractivity contribution in [3.05, 3.63) is 209 Å². The Morgan fingerprint density at radius 1 is 0.298 bits per heavy atom. The summed E-state index contributed by atoms with van der Waals surface area (Å²) in [6, 6.07) is 65.0. The molecule has 0 aliphatic rings. The van der Waals surface area contributed by atoms with Gasteiger partial charge in [0.05, 0.1) is 0 Å². The van der Waals surface area contributed by atoms with E-state index in [4.69, 9.17) is 18.6 Å². The van der Waals surface area contributed by atoms with Gasteiger partial charge in [-0.3, -0.25) is 0 Å². The monoisotopic (exact) mass is 732 g/mol. The number of hydrogen-bond acceptors (Lipinski definition) is 0. The first-order valence-corrected chi connectivity index (χ1v) is 17.8. The summed E-state index contributed by atoms with van der Waals surface area (Å²) in [7, 11) is -0.446. The van der Waals surface area contributed by atoms with Gasteiger partial charge in [0.25, 0.3) is 0 Å². The van der Waals surface area contributed by atoms with Crippen molar-refractivity contribution in [1.82, 2.24) is 0 Å². The molecule has 0 bridgehead atoms. The van der Waals surface area contributed by atoms with Gasteiger partial charge in [0.1, 0.15) is 0 Å². The van der Waals surface area contributed by atoms with E-state index in [-0.39, 0.29) is 17.4 Å². The van der Waals surface area contributed by atoms with Gasteiger partial charge in [-0.2, -0.15) is 0 Å². The average Bonchev–Trinajstić information content (AvgIpc) is 3.18. The first-order valence-electron chi connectivity index (χ1n) is 13.6. The third-order valence-corrected chi connectivity index (χ3v) is 13.7. The average molecular weight is 733 g/mol. The number of rotatable bonds is 6. The molecule has 0 atom stereocenters. The molecule has 0 unspecified atom stereocenters. The molecule has 0 fully saturated rings. The number of benzene rings is 6. The van der Waals surface area contributed by atoms with Crippen LogP contribution < -0.4 is 29.0 Å². The van der Waals surface area contributed by atoms with Crippen molar-refractivity contribution in [3.8, 4) is 0 Å². The molecular weight excluding hydrogens is 702 g/mol. The summed E-state index contributed by atoms with van der Waals surface area (Å²) in [6.07, 6.45) is 0. The van der Waals surface area contributed by atoms with Crippen molar-refractivity contribution in [2.75, 3.05) is 0 Å². The normalized spacial score (nSPS) is 8.72. The van der Waals surface area contributed by atoms with Crippen LogP contribution in [0.1, 0.15) is 0 Å². The molecule has 0 aliphatic carbocycles. The molecule has 6 rings (SSSR count). The van der Waals surface area contributed by atoms with Gasteiger partial charge < -0.3 is 0 Å². The predicted octanol–water partition coefficient (Wildman–Crippen LogP) is 5.50. The third-order valence-electron chi connectivity index (χ3n) is 6.09. The van der Waals surface area contributed by atoms with E-state index in [0.29, 0.717) is 0 Å². The van der Waals surface area contributed by atoms with Crippen LogP contribution in [0, 0.1) is 26.6 Å². The van der Waals surface area contributed by atoms with Crippen LogP contribution in [-0.4, -0.2) is 14.7 Å². The molecule has 6 aromatic rings. The molecule has 0 aliphatic heterocycles. The summed E-state index contributed by atoms with van der Waals surface area (Å²) in [5.74, 6) is 0. The summed E-state index contributed by atoms with van der Waals surface area (Å²) < 4.78 is 34.4. The van der Waals surface area contributed by atoms with Crippen LogP contribution in [0.25, 0.3) is 0 Å². The molecule has 0 radical (unpaired) electrons. The van der Waals surface area contributed by atoms with Crippen LogP contribution in [0.2, 0.25) is 0 Å². The van der Waals surface area contributed by atoms with E-state index in [9.17, 15) is 0 Å². The Morgan fingerprint density at radius 3 is 0.660 bits per heavy atom. The van der Waals surface area contributed by atoms with E-state index >= 15 is 0 Å². The summed E-state index contributed by atoms with van der Waals surface area (Å²) >= 11 is -1.39. The summed E-state index contributed by atoms with van der Waals surface area (Å²) in [6.45, 7) is 18.0. The van der Waals surface area contributed by atoms with Crippen LogP contribution >= 0.6 is 7.92 Å². The van der Waals surface area contributed by atoms with Crippen molar-refractivity contribution >= 4 is 51.5 Å². The topological polar surface area (TPSA) is 79.6 Å². The third kappa shape index (κ3) is 14.4. The SMILES string of the molecule is [C-]#[O+].[C-]#[O+].[C-]#[O+].[C-]#[O+].[Cr].c1ccc(P(c2ccccc2)c2ccccc2)cc1.c1ccc([As](c2ccccc2)c2ccccc2)cc1. The van der Waals surface area contributed by atoms with Crippen LogP contribution in [0.4, 0.5) is 0 Å². The molecule has 230 valence electrons. The van der Waals surface area contributed by atoms with Gasteiger partial charge in [-0.05, 0) is 23.8 Å². The van der Waals surface area contributed by atoms with Gasteiger partial charge in [0.15, 0.2) is 0 Å². The van der Waals surface area contributed by atoms with Crippen LogP contribution in [0.3, 0.4) is 0 Å². The zero-order valence-corrected chi connectivity index (χ0v) is 29.3. The van der Waals surface area contributed by atoms with Crippen molar-refractivity contribution in [2.24, 2.45) is 0 Å². The summed E-state index contributed by atoms with van der Waals surface area (Å²) in [4.78, 5) is 0. The molecule has 7 heteroatoms. The molecule has 0 heterocycles. The molecule has 0 aromatic heterocycles. The molecular formula is C40H30AsCrO4P. The fraction of sp³-hybridized carbons (Fsp3) is 0. The first kappa shape index (κ1) is 42.8. The van der Waals surface area contributed by atoms with Gasteiger partial charge in [-0.15, -0.1) is 0 Å². The van der Waals surface area contributed by atoms with E-state index in [1.165, 1.54) is 29.0 Å². The standard InChI is InChI=1S/C18H15As.C18H15P.4CO.Cr/c2*1-4-10-16(11-5-1)19(17-12-6-2-7-13-17)18-14-8-3-9-15-18;4*1-2;/h2*1-15H;;;;;. The van der Waals surface area contributed by atoms with Crippen LogP contribution in [0.15, 0.2) is 182 Å². The molecule has 0 saturated carbocycles. The van der Waals surface area contributed by atoms with Gasteiger partial charge in [-0.25, -0.2) is 0 Å². The zero-order chi connectivity index (χ0) is 33.8. The van der Waals surface area contributed by atoms with Gasteiger partial charge >= 0.3 is 164 Å². The molecule has 0 saturated heterocycles. The molecule has 0 amide bonds. The predicted molar refractivity (Wildman–Crippen MR) is 185 cm³/mol. The fourth-order valence-corrected chi connectivity index (χ4v) is 11.5. The van der Waals surface area contributed by atoms with Crippen molar-refractivity contribution < 1.29 is 36.0 Å². The minimum absolute atomic E-state index is 0. The summed E-state index contributed by atoms with van der Waals surface area (Å²) in [5.41, 5.74) is 0. The van der Waals surface area contributed by atoms with Gasteiger partial charge in [-0.1, -0.05) is 91.0 Å². The van der Waals surface area contributed by atoms with Crippen LogP contribution in [0.5, 0.6) is 0 Å². The van der Waals surface area contributed by atoms with Gasteiger partial charge in [0.2, 0.25) is 0 Å². The second-order valence-electron chi connectivity index (χ2n) is 8.68. The molecule has 6 aromatic carbocycles. The maximum absolute atomic E-state index is 7.50. The second kappa shape index (κ2) is 28.1. The fourth-order valence-electron chi connectivity index (χ4n) is 4.36.